The number of hydrogen-bond acceptors (Lipinski definition) is 12. The van der Waals surface area contributed by atoms with Crippen molar-refractivity contribution >= 4 is 20.0 Å². The number of aromatic nitrogens is 4. The molecule has 0 spiro atoms. The fourth-order valence-corrected chi connectivity index (χ4v) is 11.0. The number of nitrogens with zero attached hydrogens (tertiary/aromatic N) is 7. The van der Waals surface area contributed by atoms with Gasteiger partial charge in [0.2, 0.25) is 0 Å². The summed E-state index contributed by atoms with van der Waals surface area (Å²) in [6, 6.07) is 33.5. The number of aliphatic hydroxyl groups excluding tert-OH is 1. The predicted molar refractivity (Wildman–Crippen MR) is 261 cm³/mol. The number of likely N-dealkylation sites (tertiary alicyclic amines) is 1. The fraction of sp³-hybridized carbons (Fsp3) is 0.412. The van der Waals surface area contributed by atoms with Crippen LogP contribution in [0, 0.1) is 0 Å². The average molecular weight is 982 g/mol. The molecule has 0 amide bonds. The van der Waals surface area contributed by atoms with Crippen molar-refractivity contribution in [3.8, 4) is 23.0 Å². The summed E-state index contributed by atoms with van der Waals surface area (Å²) in [6.07, 6.45) is 4.33. The van der Waals surface area contributed by atoms with E-state index in [9.17, 15) is 21.9 Å². The lowest BCUT2D eigenvalue weighted by atomic mass is 10.1. The van der Waals surface area contributed by atoms with Gasteiger partial charge in [0.1, 0.15) is 23.0 Å². The highest BCUT2D eigenvalue weighted by atomic mass is 32.2. The van der Waals surface area contributed by atoms with Crippen LogP contribution in [0.15, 0.2) is 119 Å². The second kappa shape index (κ2) is 21.5. The summed E-state index contributed by atoms with van der Waals surface area (Å²) in [4.78, 5) is 2.37. The van der Waals surface area contributed by atoms with E-state index in [1.165, 1.54) is 21.1 Å². The van der Waals surface area contributed by atoms with Crippen molar-refractivity contribution in [2.45, 2.75) is 106 Å². The van der Waals surface area contributed by atoms with Gasteiger partial charge in [0, 0.05) is 57.4 Å². The fourth-order valence-electron chi connectivity index (χ4n) is 8.24. The van der Waals surface area contributed by atoms with Gasteiger partial charge in [-0.2, -0.15) is 18.8 Å². The van der Waals surface area contributed by atoms with Gasteiger partial charge >= 0.3 is 0 Å². The zero-order valence-corrected chi connectivity index (χ0v) is 41.8. The summed E-state index contributed by atoms with van der Waals surface area (Å²) in [5.74, 6) is 2.87. The van der Waals surface area contributed by atoms with E-state index in [0.29, 0.717) is 23.2 Å². The third-order valence-electron chi connectivity index (χ3n) is 12.8. The van der Waals surface area contributed by atoms with Crippen molar-refractivity contribution in [2.75, 3.05) is 41.5 Å². The summed E-state index contributed by atoms with van der Waals surface area (Å²) in [7, 11) is -1.40. The Morgan fingerprint density at radius 2 is 0.841 bits per heavy atom. The summed E-state index contributed by atoms with van der Waals surface area (Å²) in [5, 5.41) is 19.3. The molecule has 0 radical (unpaired) electrons. The molecule has 1 aliphatic heterocycles. The van der Waals surface area contributed by atoms with Gasteiger partial charge in [0.05, 0.1) is 58.0 Å². The molecule has 3 fully saturated rings. The standard InChI is InChI=1S/C27H34N4O4S.C24H29N3O5S/c1-20(29-15-4-16-29)26-17-27(28-31(26)23-9-10-23)36(32,33)30(18-21-5-11-24(34-2)12-6-21)19-22-7-13-25(35-3)14-8-22;1-17(28)23-14-24(25-27(23)20-8-9-20)33(29,30)26(15-18-4-10-21(31-2)11-5-18)16-19-6-12-22(32-3)13-7-19/h5-8,11-14,17,20,23H,4,9-10,15-16,18-19H2,1-3H3;4-7,10-14,17,20,28H,8-9,15-16H2,1-3H3. The van der Waals surface area contributed by atoms with E-state index in [2.05, 4.69) is 22.0 Å². The second-order valence-electron chi connectivity index (χ2n) is 17.8. The molecule has 2 saturated carbocycles. The van der Waals surface area contributed by atoms with Crippen molar-refractivity contribution in [2.24, 2.45) is 0 Å². The Morgan fingerprint density at radius 1 is 0.536 bits per heavy atom. The van der Waals surface area contributed by atoms with E-state index in [4.69, 9.17) is 18.9 Å². The molecular formula is C51H63N7O9S2. The lowest BCUT2D eigenvalue weighted by molar-refractivity contribution is 0.122. The first kappa shape index (κ1) is 49.7. The van der Waals surface area contributed by atoms with Crippen molar-refractivity contribution in [3.05, 3.63) is 143 Å². The minimum absolute atomic E-state index is 0.0488. The van der Waals surface area contributed by atoms with Crippen LogP contribution in [0.2, 0.25) is 0 Å². The molecule has 69 heavy (non-hydrogen) atoms. The first-order valence-electron chi connectivity index (χ1n) is 23.3. The lowest BCUT2D eigenvalue weighted by Crippen LogP contribution is -2.39. The Bertz CT molecular complexity index is 2740. The third-order valence-corrected chi connectivity index (χ3v) is 16.2. The summed E-state index contributed by atoms with van der Waals surface area (Å²) in [5.41, 5.74) is 4.91. The van der Waals surface area contributed by atoms with Crippen LogP contribution in [0.5, 0.6) is 23.0 Å². The number of aliphatic hydroxyl groups is 1. The van der Waals surface area contributed by atoms with E-state index in [1.54, 1.807) is 70.4 Å². The summed E-state index contributed by atoms with van der Waals surface area (Å²) in [6.45, 7) is 6.64. The van der Waals surface area contributed by atoms with E-state index in [-0.39, 0.29) is 48.3 Å². The van der Waals surface area contributed by atoms with Gasteiger partial charge in [-0.3, -0.25) is 14.3 Å². The number of rotatable bonds is 21. The highest BCUT2D eigenvalue weighted by Crippen LogP contribution is 2.40. The number of ether oxygens (including phenoxy) is 4. The summed E-state index contributed by atoms with van der Waals surface area (Å²) < 4.78 is 83.1. The SMILES string of the molecule is COc1ccc(CN(Cc2ccc(OC)cc2)S(=O)(=O)c2cc(C(C)N3CCC3)n(C3CC3)n2)cc1.COc1ccc(CN(Cc2ccc(OC)cc2)S(=O)(=O)c2cc(C(C)O)n(C3CC3)n2)cc1. The quantitative estimate of drug-likeness (QED) is 0.0737. The molecule has 2 atom stereocenters. The van der Waals surface area contributed by atoms with Gasteiger partial charge < -0.3 is 24.1 Å². The van der Waals surface area contributed by atoms with Crippen molar-refractivity contribution in [1.82, 2.24) is 33.1 Å². The van der Waals surface area contributed by atoms with E-state index in [0.717, 1.165) is 78.2 Å². The molecule has 0 bridgehead atoms. The molecule has 3 aliphatic rings. The first-order valence-corrected chi connectivity index (χ1v) is 26.2. The lowest BCUT2D eigenvalue weighted by Gasteiger charge is -2.36. The zero-order valence-electron chi connectivity index (χ0n) is 40.1. The maximum absolute atomic E-state index is 14.1. The van der Waals surface area contributed by atoms with Crippen LogP contribution < -0.4 is 18.9 Å². The highest BCUT2D eigenvalue weighted by molar-refractivity contribution is 7.89. The molecule has 18 heteroatoms. The molecule has 1 saturated heterocycles. The van der Waals surface area contributed by atoms with Gasteiger partial charge in [-0.05, 0) is 117 Å². The maximum atomic E-state index is 14.1. The van der Waals surface area contributed by atoms with Crippen LogP contribution in [-0.2, 0) is 46.2 Å². The maximum Gasteiger partial charge on any atom is 0.263 e. The van der Waals surface area contributed by atoms with Gasteiger partial charge in [-0.1, -0.05) is 48.5 Å². The topological polar surface area (TPSA) is 171 Å². The molecule has 3 heterocycles. The van der Waals surface area contributed by atoms with Crippen LogP contribution in [0.4, 0.5) is 0 Å². The van der Waals surface area contributed by atoms with Gasteiger partial charge in [0.25, 0.3) is 20.0 Å². The molecule has 2 aromatic heterocycles. The van der Waals surface area contributed by atoms with Crippen LogP contribution >= 0.6 is 0 Å². The van der Waals surface area contributed by atoms with Gasteiger partial charge in [-0.25, -0.2) is 16.8 Å². The number of benzene rings is 4. The Labute approximate surface area is 406 Å². The molecule has 2 unspecified atom stereocenters. The first-order chi connectivity index (χ1) is 33.2. The van der Waals surface area contributed by atoms with E-state index >= 15 is 0 Å². The highest BCUT2D eigenvalue weighted by Gasteiger charge is 2.37. The monoisotopic (exact) mass is 981 g/mol. The zero-order chi connectivity index (χ0) is 48.9. The molecule has 9 rings (SSSR count). The smallest absolute Gasteiger partial charge is 0.263 e. The molecule has 368 valence electrons. The molecule has 6 aromatic rings. The Hall–Kier alpha value is -5.76. The van der Waals surface area contributed by atoms with Gasteiger partial charge in [-0.15, -0.1) is 0 Å². The largest absolute Gasteiger partial charge is 0.497 e. The Kier molecular flexibility index (Phi) is 15.5. The Morgan fingerprint density at radius 3 is 1.10 bits per heavy atom. The molecule has 1 N–H and O–H groups in total. The second-order valence-corrected chi connectivity index (χ2v) is 21.6. The molecule has 4 aromatic carbocycles. The van der Waals surface area contributed by atoms with Crippen molar-refractivity contribution in [1.29, 1.82) is 0 Å². The number of methoxy groups -OCH3 is 4. The minimum atomic E-state index is -3.94. The molecular weight excluding hydrogens is 919 g/mol. The van der Waals surface area contributed by atoms with Crippen molar-refractivity contribution < 1.29 is 40.9 Å². The van der Waals surface area contributed by atoms with E-state index < -0.39 is 26.2 Å². The van der Waals surface area contributed by atoms with Crippen LogP contribution in [0.3, 0.4) is 0 Å². The normalized spacial score (nSPS) is 16.1. The van der Waals surface area contributed by atoms with Crippen LogP contribution in [0.1, 0.15) is 104 Å². The molecule has 2 aliphatic carbocycles. The number of hydrogen-bond donors (Lipinski definition) is 1. The Balaban J connectivity index is 0.000000187. The van der Waals surface area contributed by atoms with Gasteiger partial charge in [0.15, 0.2) is 10.1 Å². The van der Waals surface area contributed by atoms with Crippen molar-refractivity contribution in [3.63, 3.8) is 0 Å². The number of sulfonamides is 2. The van der Waals surface area contributed by atoms with Crippen LogP contribution in [0.25, 0.3) is 0 Å². The average Bonchev–Trinajstić information content (AvgIpc) is 4.28. The summed E-state index contributed by atoms with van der Waals surface area (Å²) >= 11 is 0. The van der Waals surface area contributed by atoms with Crippen LogP contribution in [-0.4, -0.2) is 96.5 Å². The third kappa shape index (κ3) is 11.8. The predicted octanol–water partition coefficient (Wildman–Crippen LogP) is 8.07. The molecule has 16 nitrogen and oxygen atoms in total. The van der Waals surface area contributed by atoms with E-state index in [1.807, 2.05) is 77.5 Å². The minimum Gasteiger partial charge on any atom is -0.497 e.